The highest BCUT2D eigenvalue weighted by molar-refractivity contribution is 5.92. The van der Waals surface area contributed by atoms with Crippen molar-refractivity contribution >= 4 is 16.9 Å². The zero-order valence-electron chi connectivity index (χ0n) is 12.1. The molecule has 2 aromatic carbocycles. The summed E-state index contributed by atoms with van der Waals surface area (Å²) in [7, 11) is 0. The summed E-state index contributed by atoms with van der Waals surface area (Å²) in [5.74, 6) is 0.943. The average molecular weight is 278 g/mol. The molecule has 0 aliphatic carbocycles. The molecule has 0 radical (unpaired) electrons. The molecular formula is C18H18N2O. The minimum Gasteiger partial charge on any atom is -0.274 e. The smallest absolute Gasteiger partial charge is 0.236 e. The lowest BCUT2D eigenvalue weighted by Gasteiger charge is -2.07. The quantitative estimate of drug-likeness (QED) is 0.726. The Hall–Kier alpha value is -2.42. The van der Waals surface area contributed by atoms with E-state index in [2.05, 4.69) is 11.9 Å². The number of fused-ring (bicyclic) bond motifs is 1. The molecule has 0 spiro atoms. The molecule has 0 saturated carbocycles. The molecule has 3 aromatic rings. The highest BCUT2D eigenvalue weighted by Crippen LogP contribution is 2.18. The molecule has 1 aromatic heterocycles. The van der Waals surface area contributed by atoms with Crippen LogP contribution in [0.1, 0.15) is 29.5 Å². The third kappa shape index (κ3) is 2.72. The van der Waals surface area contributed by atoms with E-state index in [9.17, 15) is 4.79 Å². The van der Waals surface area contributed by atoms with Gasteiger partial charge in [-0.15, -0.1) is 0 Å². The fraction of sp³-hybridized carbons (Fsp3) is 0.222. The molecule has 0 aliphatic rings. The predicted octanol–water partition coefficient (Wildman–Crippen LogP) is 3.87. The number of carbonyl (C=O) groups is 1. The van der Waals surface area contributed by atoms with Gasteiger partial charge in [-0.2, -0.15) is 0 Å². The number of rotatable bonds is 4. The third-order valence-electron chi connectivity index (χ3n) is 3.55. The molecule has 0 unspecified atom stereocenters. The summed E-state index contributed by atoms with van der Waals surface area (Å²) in [6.07, 6.45) is 2.19. The number of aryl methyl sites for hydroxylation is 1. The zero-order valence-corrected chi connectivity index (χ0v) is 12.1. The van der Waals surface area contributed by atoms with Crippen LogP contribution in [0, 0.1) is 0 Å². The summed E-state index contributed by atoms with van der Waals surface area (Å²) in [5, 5.41) is 0. The number of hydrogen-bond donors (Lipinski definition) is 0. The molecule has 0 saturated heterocycles. The molecule has 0 N–H and O–H groups in total. The monoisotopic (exact) mass is 278 g/mol. The van der Waals surface area contributed by atoms with Gasteiger partial charge in [0.05, 0.1) is 17.5 Å². The Morgan fingerprint density at radius 2 is 1.76 bits per heavy atom. The normalized spacial score (nSPS) is 10.9. The summed E-state index contributed by atoms with van der Waals surface area (Å²) in [5.41, 5.74) is 2.83. The van der Waals surface area contributed by atoms with E-state index in [0.717, 1.165) is 35.3 Å². The number of nitrogens with zero attached hydrogens (tertiary/aromatic N) is 2. The van der Waals surface area contributed by atoms with Crippen LogP contribution in [0.2, 0.25) is 0 Å². The van der Waals surface area contributed by atoms with Crippen molar-refractivity contribution in [3.8, 4) is 0 Å². The van der Waals surface area contributed by atoms with Gasteiger partial charge in [0.15, 0.2) is 0 Å². The van der Waals surface area contributed by atoms with Crippen LogP contribution in [0.5, 0.6) is 0 Å². The average Bonchev–Trinajstić information content (AvgIpc) is 2.86. The first-order valence-corrected chi connectivity index (χ1v) is 7.33. The van der Waals surface area contributed by atoms with Crippen molar-refractivity contribution in [3.05, 3.63) is 66.0 Å². The van der Waals surface area contributed by atoms with E-state index in [-0.39, 0.29) is 5.91 Å². The van der Waals surface area contributed by atoms with Gasteiger partial charge >= 0.3 is 0 Å². The Kier molecular flexibility index (Phi) is 3.82. The Labute approximate surface area is 124 Å². The summed E-state index contributed by atoms with van der Waals surface area (Å²) in [6, 6.07) is 17.7. The first kappa shape index (κ1) is 13.6. The first-order chi connectivity index (χ1) is 10.3. The van der Waals surface area contributed by atoms with Gasteiger partial charge in [-0.1, -0.05) is 49.4 Å². The van der Waals surface area contributed by atoms with Crippen LogP contribution >= 0.6 is 0 Å². The topological polar surface area (TPSA) is 34.9 Å². The summed E-state index contributed by atoms with van der Waals surface area (Å²) < 4.78 is 1.78. The first-order valence-electron chi connectivity index (χ1n) is 7.33. The van der Waals surface area contributed by atoms with Crippen LogP contribution in [-0.4, -0.2) is 15.5 Å². The number of carbonyl (C=O) groups excluding carboxylic acids is 1. The van der Waals surface area contributed by atoms with Crippen molar-refractivity contribution in [1.29, 1.82) is 0 Å². The zero-order chi connectivity index (χ0) is 14.7. The molecule has 0 aliphatic heterocycles. The lowest BCUT2D eigenvalue weighted by Crippen LogP contribution is -2.16. The van der Waals surface area contributed by atoms with E-state index in [4.69, 9.17) is 0 Å². The molecule has 3 nitrogen and oxygen atoms in total. The molecule has 21 heavy (non-hydrogen) atoms. The Bertz CT molecular complexity index is 759. The molecule has 1 heterocycles. The molecule has 3 rings (SSSR count). The maximum atomic E-state index is 12.7. The highest BCUT2D eigenvalue weighted by atomic mass is 16.2. The van der Waals surface area contributed by atoms with Crippen molar-refractivity contribution in [1.82, 2.24) is 9.55 Å². The molecular weight excluding hydrogens is 260 g/mol. The Morgan fingerprint density at radius 3 is 2.52 bits per heavy atom. The van der Waals surface area contributed by atoms with Crippen LogP contribution in [-0.2, 0) is 12.8 Å². The largest absolute Gasteiger partial charge is 0.274 e. The fourth-order valence-electron chi connectivity index (χ4n) is 2.60. The van der Waals surface area contributed by atoms with Crippen molar-refractivity contribution in [2.75, 3.05) is 0 Å². The van der Waals surface area contributed by atoms with E-state index < -0.39 is 0 Å². The Balaban J connectivity index is 2.01. The van der Waals surface area contributed by atoms with Crippen LogP contribution in [0.4, 0.5) is 0 Å². The second-order valence-corrected chi connectivity index (χ2v) is 5.16. The number of imidazole rings is 1. The van der Waals surface area contributed by atoms with Crippen molar-refractivity contribution < 1.29 is 4.79 Å². The lowest BCUT2D eigenvalue weighted by molar-refractivity contribution is 0.0915. The van der Waals surface area contributed by atoms with Crippen LogP contribution < -0.4 is 0 Å². The number of para-hydroxylation sites is 2. The predicted molar refractivity (Wildman–Crippen MR) is 84.5 cm³/mol. The van der Waals surface area contributed by atoms with E-state index >= 15 is 0 Å². The Morgan fingerprint density at radius 1 is 1.05 bits per heavy atom. The van der Waals surface area contributed by atoms with Crippen LogP contribution in [0.3, 0.4) is 0 Å². The number of aromatic nitrogens is 2. The van der Waals surface area contributed by atoms with E-state index in [1.54, 1.807) is 4.57 Å². The maximum Gasteiger partial charge on any atom is 0.236 e. The number of hydrogen-bond acceptors (Lipinski definition) is 2. The van der Waals surface area contributed by atoms with Gasteiger partial charge < -0.3 is 0 Å². The summed E-state index contributed by atoms with van der Waals surface area (Å²) >= 11 is 0. The van der Waals surface area contributed by atoms with Crippen molar-refractivity contribution in [2.45, 2.75) is 26.2 Å². The molecule has 0 atom stereocenters. The lowest BCUT2D eigenvalue weighted by atomic mass is 10.1. The van der Waals surface area contributed by atoms with Crippen molar-refractivity contribution in [2.24, 2.45) is 0 Å². The molecule has 0 bridgehead atoms. The second kappa shape index (κ2) is 5.92. The highest BCUT2D eigenvalue weighted by Gasteiger charge is 2.16. The van der Waals surface area contributed by atoms with E-state index in [0.29, 0.717) is 6.42 Å². The molecule has 3 heteroatoms. The van der Waals surface area contributed by atoms with Gasteiger partial charge in [0.2, 0.25) is 5.91 Å². The maximum absolute atomic E-state index is 12.7. The van der Waals surface area contributed by atoms with Crippen LogP contribution in [0.15, 0.2) is 54.6 Å². The van der Waals surface area contributed by atoms with Gasteiger partial charge in [0.1, 0.15) is 5.82 Å². The summed E-state index contributed by atoms with van der Waals surface area (Å²) in [4.78, 5) is 17.3. The molecule has 106 valence electrons. The molecule has 0 amide bonds. The van der Waals surface area contributed by atoms with E-state index in [1.807, 2.05) is 54.6 Å². The molecule has 0 fully saturated rings. The minimum absolute atomic E-state index is 0.0818. The van der Waals surface area contributed by atoms with Crippen molar-refractivity contribution in [3.63, 3.8) is 0 Å². The SMILES string of the molecule is CCCc1nc2ccccc2n1C(=O)Cc1ccccc1. The standard InChI is InChI=1S/C18H18N2O/c1-2-8-17-19-15-11-6-7-12-16(15)20(17)18(21)13-14-9-4-3-5-10-14/h3-7,9-12H,2,8,13H2,1H3. The fourth-order valence-corrected chi connectivity index (χ4v) is 2.60. The van der Waals surface area contributed by atoms with Gasteiger partial charge in [0, 0.05) is 6.42 Å². The summed E-state index contributed by atoms with van der Waals surface area (Å²) in [6.45, 7) is 2.10. The van der Waals surface area contributed by atoms with Gasteiger partial charge in [0.25, 0.3) is 0 Å². The second-order valence-electron chi connectivity index (χ2n) is 5.16. The minimum atomic E-state index is 0.0818. The number of benzene rings is 2. The van der Waals surface area contributed by atoms with E-state index in [1.165, 1.54) is 0 Å². The van der Waals surface area contributed by atoms with Gasteiger partial charge in [-0.3, -0.25) is 9.36 Å². The van der Waals surface area contributed by atoms with Gasteiger partial charge in [-0.25, -0.2) is 4.98 Å². The van der Waals surface area contributed by atoms with Gasteiger partial charge in [-0.05, 0) is 24.1 Å². The van der Waals surface area contributed by atoms with Crippen LogP contribution in [0.25, 0.3) is 11.0 Å². The third-order valence-corrected chi connectivity index (χ3v) is 3.55.